The standard InChI is InChI=1S/C18H29N3O/c1-2-3-9-20-10-5-4-6-17(20)16-7-8-18(19-15-16)21-11-13-22-14-12-21/h7-8,15,17H,2-6,9-14H2,1H3. The molecule has 0 N–H and O–H groups in total. The predicted molar refractivity (Wildman–Crippen MR) is 90.3 cm³/mol. The van der Waals surface area contributed by atoms with Crippen LogP contribution in [0.2, 0.25) is 0 Å². The summed E-state index contributed by atoms with van der Waals surface area (Å²) in [4.78, 5) is 9.72. The first-order valence-corrected chi connectivity index (χ1v) is 8.91. The van der Waals surface area contributed by atoms with Gasteiger partial charge in [0.2, 0.25) is 0 Å². The molecule has 122 valence electrons. The van der Waals surface area contributed by atoms with Crippen molar-refractivity contribution in [3.8, 4) is 0 Å². The van der Waals surface area contributed by atoms with E-state index in [1.807, 2.05) is 0 Å². The minimum absolute atomic E-state index is 0.575. The van der Waals surface area contributed by atoms with Crippen LogP contribution in [0, 0.1) is 0 Å². The first-order valence-electron chi connectivity index (χ1n) is 8.91. The molecule has 0 radical (unpaired) electrons. The van der Waals surface area contributed by atoms with Crippen molar-refractivity contribution in [2.45, 2.75) is 45.1 Å². The molecule has 0 spiro atoms. The van der Waals surface area contributed by atoms with Crippen molar-refractivity contribution in [3.63, 3.8) is 0 Å². The van der Waals surface area contributed by atoms with E-state index in [9.17, 15) is 0 Å². The van der Waals surface area contributed by atoms with Crippen LogP contribution in [0.4, 0.5) is 5.82 Å². The van der Waals surface area contributed by atoms with Gasteiger partial charge in [0.25, 0.3) is 0 Å². The maximum absolute atomic E-state index is 5.42. The number of unbranched alkanes of at least 4 members (excludes halogenated alkanes) is 1. The molecule has 1 unspecified atom stereocenters. The summed E-state index contributed by atoms with van der Waals surface area (Å²) in [5, 5.41) is 0. The number of hydrogen-bond donors (Lipinski definition) is 0. The van der Waals surface area contributed by atoms with Crippen LogP contribution < -0.4 is 4.90 Å². The van der Waals surface area contributed by atoms with Crippen LogP contribution in [0.15, 0.2) is 18.3 Å². The van der Waals surface area contributed by atoms with Gasteiger partial charge in [-0.15, -0.1) is 0 Å². The van der Waals surface area contributed by atoms with Crippen molar-refractivity contribution in [1.82, 2.24) is 9.88 Å². The lowest BCUT2D eigenvalue weighted by atomic mass is 9.96. The number of anilines is 1. The van der Waals surface area contributed by atoms with Gasteiger partial charge >= 0.3 is 0 Å². The number of morpholine rings is 1. The summed E-state index contributed by atoms with van der Waals surface area (Å²) < 4.78 is 5.42. The monoisotopic (exact) mass is 303 g/mol. The molecule has 3 rings (SSSR count). The van der Waals surface area contributed by atoms with Gasteiger partial charge in [0.15, 0.2) is 0 Å². The lowest BCUT2D eigenvalue weighted by Gasteiger charge is -2.36. The first-order chi connectivity index (χ1) is 10.9. The number of rotatable bonds is 5. The fraction of sp³-hybridized carbons (Fsp3) is 0.722. The maximum atomic E-state index is 5.42. The Balaban J connectivity index is 1.67. The molecule has 0 saturated carbocycles. The Kier molecular flexibility index (Phi) is 5.68. The van der Waals surface area contributed by atoms with E-state index in [-0.39, 0.29) is 0 Å². The quantitative estimate of drug-likeness (QED) is 0.835. The second kappa shape index (κ2) is 7.93. The highest BCUT2D eigenvalue weighted by Gasteiger charge is 2.24. The van der Waals surface area contributed by atoms with Gasteiger partial charge in [-0.1, -0.05) is 25.8 Å². The lowest BCUT2D eigenvalue weighted by molar-refractivity contribution is 0.122. The van der Waals surface area contributed by atoms with Gasteiger partial charge < -0.3 is 9.64 Å². The molecule has 0 aromatic carbocycles. The van der Waals surface area contributed by atoms with E-state index < -0.39 is 0 Å². The Labute approximate surface area is 134 Å². The molecule has 4 nitrogen and oxygen atoms in total. The Morgan fingerprint density at radius 1 is 1.18 bits per heavy atom. The molecule has 1 atom stereocenters. The third-order valence-electron chi connectivity index (χ3n) is 4.90. The average molecular weight is 303 g/mol. The third-order valence-corrected chi connectivity index (χ3v) is 4.90. The van der Waals surface area contributed by atoms with Gasteiger partial charge in [0, 0.05) is 25.3 Å². The molecular weight excluding hydrogens is 274 g/mol. The van der Waals surface area contributed by atoms with Crippen LogP contribution in [0.3, 0.4) is 0 Å². The van der Waals surface area contributed by atoms with Crippen molar-refractivity contribution in [2.24, 2.45) is 0 Å². The molecule has 22 heavy (non-hydrogen) atoms. The van der Waals surface area contributed by atoms with Crippen LogP contribution in [0.1, 0.15) is 50.6 Å². The Morgan fingerprint density at radius 3 is 2.77 bits per heavy atom. The van der Waals surface area contributed by atoms with Gasteiger partial charge in [-0.3, -0.25) is 4.90 Å². The summed E-state index contributed by atoms with van der Waals surface area (Å²) in [5.74, 6) is 1.10. The number of aromatic nitrogens is 1. The molecule has 4 heteroatoms. The first kappa shape index (κ1) is 15.8. The lowest BCUT2D eigenvalue weighted by Crippen LogP contribution is -2.37. The van der Waals surface area contributed by atoms with E-state index in [0.29, 0.717) is 6.04 Å². The minimum atomic E-state index is 0.575. The number of piperidine rings is 1. The molecule has 2 saturated heterocycles. The van der Waals surface area contributed by atoms with Crippen LogP contribution >= 0.6 is 0 Å². The van der Waals surface area contributed by atoms with Crippen molar-refractivity contribution in [3.05, 3.63) is 23.9 Å². The Hall–Kier alpha value is -1.13. The topological polar surface area (TPSA) is 28.6 Å². The molecule has 1 aromatic rings. The van der Waals surface area contributed by atoms with E-state index in [1.165, 1.54) is 50.8 Å². The van der Waals surface area contributed by atoms with Crippen LogP contribution in [-0.4, -0.2) is 49.3 Å². The number of hydrogen-bond acceptors (Lipinski definition) is 4. The van der Waals surface area contributed by atoms with Crippen LogP contribution in [0.5, 0.6) is 0 Å². The zero-order valence-electron chi connectivity index (χ0n) is 13.8. The normalized spacial score (nSPS) is 23.7. The zero-order chi connectivity index (χ0) is 15.2. The van der Waals surface area contributed by atoms with Crippen molar-refractivity contribution < 1.29 is 4.74 Å². The summed E-state index contributed by atoms with van der Waals surface area (Å²) in [5.41, 5.74) is 1.40. The molecule has 1 aromatic heterocycles. The fourth-order valence-electron chi connectivity index (χ4n) is 3.57. The van der Waals surface area contributed by atoms with Gasteiger partial charge in [0.05, 0.1) is 13.2 Å². The van der Waals surface area contributed by atoms with Gasteiger partial charge in [-0.25, -0.2) is 4.98 Å². The SMILES string of the molecule is CCCCN1CCCCC1c1ccc(N2CCOCC2)nc1. The summed E-state index contributed by atoms with van der Waals surface area (Å²) in [6.45, 7) is 8.30. The van der Waals surface area contributed by atoms with E-state index in [4.69, 9.17) is 9.72 Å². The molecular formula is C18H29N3O. The van der Waals surface area contributed by atoms with Crippen molar-refractivity contribution in [2.75, 3.05) is 44.3 Å². The molecule has 2 fully saturated rings. The Morgan fingerprint density at radius 2 is 2.05 bits per heavy atom. The van der Waals surface area contributed by atoms with Crippen molar-refractivity contribution >= 4 is 5.82 Å². The smallest absolute Gasteiger partial charge is 0.128 e. The number of pyridine rings is 1. The third kappa shape index (κ3) is 3.79. The molecule has 2 aliphatic rings. The highest BCUT2D eigenvalue weighted by molar-refractivity contribution is 5.40. The van der Waals surface area contributed by atoms with E-state index >= 15 is 0 Å². The van der Waals surface area contributed by atoms with Gasteiger partial charge in [-0.05, 0) is 44.0 Å². The van der Waals surface area contributed by atoms with Gasteiger partial charge in [0.1, 0.15) is 5.82 Å². The zero-order valence-corrected chi connectivity index (χ0v) is 13.8. The van der Waals surface area contributed by atoms with E-state index in [2.05, 4.69) is 35.1 Å². The molecule has 0 aliphatic carbocycles. The number of ether oxygens (including phenoxy) is 1. The Bertz CT molecular complexity index is 442. The molecule has 3 heterocycles. The summed E-state index contributed by atoms with van der Waals surface area (Å²) in [6.07, 6.45) is 8.66. The predicted octanol–water partition coefficient (Wildman–Crippen LogP) is 3.25. The van der Waals surface area contributed by atoms with E-state index in [0.717, 1.165) is 32.1 Å². The maximum Gasteiger partial charge on any atom is 0.128 e. The average Bonchev–Trinajstić information content (AvgIpc) is 2.61. The van der Waals surface area contributed by atoms with E-state index in [1.54, 1.807) is 0 Å². The molecule has 0 amide bonds. The highest BCUT2D eigenvalue weighted by Crippen LogP contribution is 2.31. The van der Waals surface area contributed by atoms with Crippen LogP contribution in [0.25, 0.3) is 0 Å². The largest absolute Gasteiger partial charge is 0.378 e. The minimum Gasteiger partial charge on any atom is -0.378 e. The van der Waals surface area contributed by atoms with Crippen LogP contribution in [-0.2, 0) is 4.74 Å². The second-order valence-electron chi connectivity index (χ2n) is 6.45. The summed E-state index contributed by atoms with van der Waals surface area (Å²) in [7, 11) is 0. The number of nitrogens with zero attached hydrogens (tertiary/aromatic N) is 3. The van der Waals surface area contributed by atoms with Gasteiger partial charge in [-0.2, -0.15) is 0 Å². The summed E-state index contributed by atoms with van der Waals surface area (Å²) >= 11 is 0. The number of likely N-dealkylation sites (tertiary alicyclic amines) is 1. The molecule has 2 aliphatic heterocycles. The summed E-state index contributed by atoms with van der Waals surface area (Å²) in [6, 6.07) is 5.08. The highest BCUT2D eigenvalue weighted by atomic mass is 16.5. The van der Waals surface area contributed by atoms with Crippen molar-refractivity contribution in [1.29, 1.82) is 0 Å². The molecule has 0 bridgehead atoms. The fourth-order valence-corrected chi connectivity index (χ4v) is 3.57. The second-order valence-corrected chi connectivity index (χ2v) is 6.45.